The largest absolute Gasteiger partial charge is 0.361 e. The van der Waals surface area contributed by atoms with Crippen LogP contribution in [-0.4, -0.2) is 30.0 Å². The molecule has 4 aromatic rings. The van der Waals surface area contributed by atoms with Gasteiger partial charge in [0, 0.05) is 41.8 Å². The van der Waals surface area contributed by atoms with Gasteiger partial charge < -0.3 is 15.2 Å². The molecule has 4 nitrogen and oxygen atoms in total. The third-order valence-electron chi connectivity index (χ3n) is 6.35. The van der Waals surface area contributed by atoms with E-state index in [1.54, 1.807) is 0 Å². The Labute approximate surface area is 182 Å². The Morgan fingerprint density at radius 3 is 2.61 bits per heavy atom. The van der Waals surface area contributed by atoms with Crippen molar-refractivity contribution >= 4 is 22.5 Å². The highest BCUT2D eigenvalue weighted by Gasteiger charge is 2.28. The van der Waals surface area contributed by atoms with Crippen molar-refractivity contribution in [2.45, 2.75) is 25.3 Å². The molecule has 0 bridgehead atoms. The smallest absolute Gasteiger partial charge is 0.243 e. The van der Waals surface area contributed by atoms with E-state index < -0.39 is 0 Å². The average molecular weight is 410 g/mol. The zero-order valence-corrected chi connectivity index (χ0v) is 17.7. The Kier molecular flexibility index (Phi) is 5.31. The van der Waals surface area contributed by atoms with Crippen LogP contribution in [0.5, 0.6) is 0 Å². The lowest BCUT2D eigenvalue weighted by Crippen LogP contribution is -2.45. The molecule has 0 unspecified atom stereocenters. The van der Waals surface area contributed by atoms with Gasteiger partial charge in [0.2, 0.25) is 5.91 Å². The highest BCUT2D eigenvalue weighted by atomic mass is 16.2. The van der Waals surface area contributed by atoms with Gasteiger partial charge in [-0.15, -0.1) is 0 Å². The predicted molar refractivity (Wildman–Crippen MR) is 127 cm³/mol. The number of H-pyrrole nitrogens is 1. The third-order valence-corrected chi connectivity index (χ3v) is 6.35. The molecule has 0 saturated carbocycles. The van der Waals surface area contributed by atoms with E-state index in [1.165, 1.54) is 22.1 Å². The summed E-state index contributed by atoms with van der Waals surface area (Å²) in [6, 6.07) is 26.9. The van der Waals surface area contributed by atoms with Gasteiger partial charge in [-0.1, -0.05) is 66.7 Å². The summed E-state index contributed by atoms with van der Waals surface area (Å²) in [6.45, 7) is 3.42. The van der Waals surface area contributed by atoms with Crippen LogP contribution >= 0.6 is 0 Å². The first-order chi connectivity index (χ1) is 15.2. The van der Waals surface area contributed by atoms with Crippen LogP contribution in [0.3, 0.4) is 0 Å². The van der Waals surface area contributed by atoms with Crippen molar-refractivity contribution < 1.29 is 4.79 Å². The molecule has 4 heteroatoms. The van der Waals surface area contributed by atoms with Crippen molar-refractivity contribution in [1.82, 2.24) is 10.3 Å². The Morgan fingerprint density at radius 1 is 1.00 bits per heavy atom. The fraction of sp³-hybridized carbons (Fsp3) is 0.222. The molecular formula is C27H27N3O. The maximum Gasteiger partial charge on any atom is 0.243 e. The van der Waals surface area contributed by atoms with E-state index in [4.69, 9.17) is 0 Å². The lowest BCUT2D eigenvalue weighted by atomic mass is 9.90. The Hall–Kier alpha value is -3.37. The van der Waals surface area contributed by atoms with Crippen molar-refractivity contribution in [3.63, 3.8) is 0 Å². The van der Waals surface area contributed by atoms with Crippen LogP contribution in [0.1, 0.15) is 29.5 Å². The fourth-order valence-corrected chi connectivity index (χ4v) is 4.66. The second-order valence-corrected chi connectivity index (χ2v) is 8.25. The number of carbonyl (C=O) groups is 1. The number of amides is 1. The topological polar surface area (TPSA) is 48.1 Å². The van der Waals surface area contributed by atoms with Crippen LogP contribution in [0.2, 0.25) is 0 Å². The van der Waals surface area contributed by atoms with Crippen LogP contribution in [0.15, 0.2) is 85.1 Å². The molecule has 5 rings (SSSR count). The minimum Gasteiger partial charge on any atom is -0.361 e. The van der Waals surface area contributed by atoms with Gasteiger partial charge in [0.15, 0.2) is 0 Å². The summed E-state index contributed by atoms with van der Waals surface area (Å²) in [5.74, 6) is 0.286. The van der Waals surface area contributed by atoms with E-state index in [1.807, 2.05) is 42.2 Å². The third kappa shape index (κ3) is 3.75. The molecule has 0 fully saturated rings. The normalized spacial score (nSPS) is 15.1. The number of nitrogens with zero attached hydrogens (tertiary/aromatic N) is 1. The predicted octanol–water partition coefficient (Wildman–Crippen LogP) is 4.87. The molecule has 0 radical (unpaired) electrons. The molecule has 1 aliphatic rings. The number of carbonyl (C=O) groups excluding carboxylic acids is 1. The molecule has 0 saturated heterocycles. The number of para-hydroxylation sites is 2. The van der Waals surface area contributed by atoms with E-state index in [9.17, 15) is 4.79 Å². The highest BCUT2D eigenvalue weighted by Crippen LogP contribution is 2.31. The van der Waals surface area contributed by atoms with Crippen LogP contribution in [0, 0.1) is 0 Å². The molecule has 2 heterocycles. The van der Waals surface area contributed by atoms with Crippen molar-refractivity contribution in [3.8, 4) is 0 Å². The van der Waals surface area contributed by atoms with Gasteiger partial charge in [0.1, 0.15) is 0 Å². The number of aromatic nitrogens is 1. The molecule has 3 aromatic carbocycles. The number of rotatable bonds is 6. The fourth-order valence-electron chi connectivity index (χ4n) is 4.66. The van der Waals surface area contributed by atoms with Gasteiger partial charge in [-0.2, -0.15) is 0 Å². The Bertz CT molecular complexity index is 1200. The second kappa shape index (κ2) is 8.40. The van der Waals surface area contributed by atoms with E-state index in [0.29, 0.717) is 6.54 Å². The first-order valence-corrected chi connectivity index (χ1v) is 11.0. The summed E-state index contributed by atoms with van der Waals surface area (Å²) in [6.07, 6.45) is 3.03. The molecule has 0 aliphatic carbocycles. The summed E-state index contributed by atoms with van der Waals surface area (Å²) in [5.41, 5.74) is 5.93. The van der Waals surface area contributed by atoms with Gasteiger partial charge in [0.05, 0.1) is 6.04 Å². The Morgan fingerprint density at radius 2 is 1.74 bits per heavy atom. The van der Waals surface area contributed by atoms with Gasteiger partial charge in [-0.3, -0.25) is 4.79 Å². The number of nitrogens with one attached hydrogen (secondary N) is 2. The number of anilines is 1. The van der Waals surface area contributed by atoms with Gasteiger partial charge in [0.25, 0.3) is 0 Å². The number of hydrogen-bond acceptors (Lipinski definition) is 2. The van der Waals surface area contributed by atoms with E-state index in [-0.39, 0.29) is 17.9 Å². The summed E-state index contributed by atoms with van der Waals surface area (Å²) in [4.78, 5) is 18.5. The molecular weight excluding hydrogens is 382 g/mol. The molecule has 2 N–H and O–H groups in total. The zero-order valence-electron chi connectivity index (χ0n) is 17.7. The molecule has 1 aromatic heterocycles. The minimum atomic E-state index is -0.262. The van der Waals surface area contributed by atoms with E-state index >= 15 is 0 Å². The first-order valence-electron chi connectivity index (χ1n) is 11.0. The number of fused-ring (bicyclic) bond motifs is 2. The quantitative estimate of drug-likeness (QED) is 0.477. The van der Waals surface area contributed by atoms with Crippen molar-refractivity contribution in [2.24, 2.45) is 0 Å². The maximum absolute atomic E-state index is 13.2. The first kappa shape index (κ1) is 19.6. The Balaban J connectivity index is 1.37. The van der Waals surface area contributed by atoms with Crippen LogP contribution in [-0.2, 0) is 11.2 Å². The van der Waals surface area contributed by atoms with Gasteiger partial charge in [-0.05, 0) is 42.2 Å². The van der Waals surface area contributed by atoms with Crippen molar-refractivity contribution in [1.29, 1.82) is 0 Å². The standard InChI is InChI=1S/C27H27N3O/c1-19(27(31)30-16-15-21-11-5-8-14-26(21)30)28-17-23(20-9-3-2-4-10-20)24-18-29-25-13-7-6-12-22(24)25/h2-14,18-19,23,28-29H,15-17H2,1H3/t19-,23+/m1/s1. The van der Waals surface area contributed by atoms with E-state index in [0.717, 1.165) is 24.2 Å². The molecule has 2 atom stereocenters. The lowest BCUT2D eigenvalue weighted by molar-refractivity contribution is -0.120. The SMILES string of the molecule is C[C@@H](NC[C@@H](c1ccccc1)c1c[nH]c2ccccc12)C(=O)N1CCc2ccccc21. The average Bonchev–Trinajstić information content (AvgIpc) is 3.44. The molecule has 0 spiro atoms. The van der Waals surface area contributed by atoms with Gasteiger partial charge >= 0.3 is 0 Å². The lowest BCUT2D eigenvalue weighted by Gasteiger charge is -2.25. The van der Waals surface area contributed by atoms with E-state index in [2.05, 4.69) is 65.0 Å². The second-order valence-electron chi connectivity index (χ2n) is 8.25. The summed E-state index contributed by atoms with van der Waals surface area (Å²) in [7, 11) is 0. The minimum absolute atomic E-state index is 0.135. The number of aromatic amines is 1. The monoisotopic (exact) mass is 409 g/mol. The molecule has 156 valence electrons. The summed E-state index contributed by atoms with van der Waals surface area (Å²) >= 11 is 0. The van der Waals surface area contributed by atoms with Crippen molar-refractivity contribution in [3.05, 3.63) is 102 Å². The van der Waals surface area contributed by atoms with Crippen molar-refractivity contribution in [2.75, 3.05) is 18.0 Å². The van der Waals surface area contributed by atoms with Crippen LogP contribution in [0.25, 0.3) is 10.9 Å². The maximum atomic E-state index is 13.2. The number of benzene rings is 3. The van der Waals surface area contributed by atoms with Crippen LogP contribution in [0.4, 0.5) is 5.69 Å². The number of hydrogen-bond donors (Lipinski definition) is 2. The molecule has 31 heavy (non-hydrogen) atoms. The highest BCUT2D eigenvalue weighted by molar-refractivity contribution is 5.98. The van der Waals surface area contributed by atoms with Gasteiger partial charge in [-0.25, -0.2) is 0 Å². The molecule has 1 amide bonds. The zero-order chi connectivity index (χ0) is 21.2. The summed E-state index contributed by atoms with van der Waals surface area (Å²) < 4.78 is 0. The van der Waals surface area contributed by atoms with Crippen LogP contribution < -0.4 is 10.2 Å². The molecule has 1 aliphatic heterocycles. The summed E-state index contributed by atoms with van der Waals surface area (Å²) in [5, 5.41) is 4.76.